The van der Waals surface area contributed by atoms with Crippen LogP contribution in [0.5, 0.6) is 0 Å². The van der Waals surface area contributed by atoms with Crippen molar-refractivity contribution < 1.29 is 9.53 Å². The number of hydrogen-bond donors (Lipinski definition) is 3. The van der Waals surface area contributed by atoms with Crippen LogP contribution in [0.2, 0.25) is 0 Å². The lowest BCUT2D eigenvalue weighted by atomic mass is 10.1. The number of carbonyl (C=O) groups excluding carboxylic acids is 1. The van der Waals surface area contributed by atoms with Gasteiger partial charge < -0.3 is 21.1 Å². The number of esters is 1. The van der Waals surface area contributed by atoms with Gasteiger partial charge in [0.15, 0.2) is 0 Å². The molecule has 2 rings (SSSR count). The molecule has 0 fully saturated rings. The molecule has 2 aromatic rings. The standard InChI is InChI=1S/C21H29N3O2/c22-13-14-23-15-16-24-20(12-11-18-7-3-1-4-8-18)21(25)26-17-19-9-5-2-6-10-19/h1-10,20,23-24H,11-17,22H2. The molecule has 0 amide bonds. The number of nitrogens with two attached hydrogens (primary N) is 1. The van der Waals surface area contributed by atoms with Gasteiger partial charge in [-0.3, -0.25) is 4.79 Å². The summed E-state index contributed by atoms with van der Waals surface area (Å²) in [7, 11) is 0. The average Bonchev–Trinajstić information content (AvgIpc) is 2.70. The molecule has 0 radical (unpaired) electrons. The molecule has 0 bridgehead atoms. The molecule has 0 aliphatic carbocycles. The van der Waals surface area contributed by atoms with Crippen LogP contribution in [0.1, 0.15) is 17.5 Å². The molecule has 0 spiro atoms. The fourth-order valence-corrected chi connectivity index (χ4v) is 2.65. The highest BCUT2D eigenvalue weighted by Gasteiger charge is 2.19. The Morgan fingerprint density at radius 2 is 1.58 bits per heavy atom. The van der Waals surface area contributed by atoms with Crippen LogP contribution >= 0.6 is 0 Å². The molecule has 5 heteroatoms. The van der Waals surface area contributed by atoms with Gasteiger partial charge in [-0.15, -0.1) is 0 Å². The molecule has 26 heavy (non-hydrogen) atoms. The van der Waals surface area contributed by atoms with E-state index in [1.807, 2.05) is 48.5 Å². The zero-order valence-corrected chi connectivity index (χ0v) is 15.2. The SMILES string of the molecule is NCCNCCNC(CCc1ccccc1)C(=O)OCc1ccccc1. The maximum atomic E-state index is 12.5. The average molecular weight is 355 g/mol. The molecule has 0 heterocycles. The van der Waals surface area contributed by atoms with E-state index in [9.17, 15) is 4.79 Å². The molecule has 0 aromatic heterocycles. The summed E-state index contributed by atoms with van der Waals surface area (Å²) in [4.78, 5) is 12.5. The number of benzene rings is 2. The van der Waals surface area contributed by atoms with Crippen LogP contribution in [-0.4, -0.2) is 38.2 Å². The van der Waals surface area contributed by atoms with E-state index >= 15 is 0 Å². The van der Waals surface area contributed by atoms with Gasteiger partial charge in [-0.05, 0) is 24.0 Å². The van der Waals surface area contributed by atoms with Gasteiger partial charge in [0.1, 0.15) is 12.6 Å². The fourth-order valence-electron chi connectivity index (χ4n) is 2.65. The molecule has 1 unspecified atom stereocenters. The molecule has 0 saturated heterocycles. The number of ether oxygens (including phenoxy) is 1. The van der Waals surface area contributed by atoms with Crippen LogP contribution in [0.25, 0.3) is 0 Å². The molecule has 5 nitrogen and oxygen atoms in total. The van der Waals surface area contributed by atoms with Gasteiger partial charge >= 0.3 is 5.97 Å². The second-order valence-corrected chi connectivity index (χ2v) is 6.16. The smallest absolute Gasteiger partial charge is 0.323 e. The first-order valence-corrected chi connectivity index (χ1v) is 9.18. The van der Waals surface area contributed by atoms with E-state index in [0.717, 1.165) is 25.1 Å². The number of aryl methyl sites for hydroxylation is 1. The lowest BCUT2D eigenvalue weighted by Crippen LogP contribution is -2.42. The van der Waals surface area contributed by atoms with Crippen molar-refractivity contribution in [3.8, 4) is 0 Å². The summed E-state index contributed by atoms with van der Waals surface area (Å²) < 4.78 is 5.52. The summed E-state index contributed by atoms with van der Waals surface area (Å²) in [6, 6.07) is 19.6. The van der Waals surface area contributed by atoms with Crippen LogP contribution in [0.4, 0.5) is 0 Å². The summed E-state index contributed by atoms with van der Waals surface area (Å²) in [5.74, 6) is -0.205. The Morgan fingerprint density at radius 3 is 2.23 bits per heavy atom. The Kier molecular flexibility index (Phi) is 9.43. The highest BCUT2D eigenvalue weighted by Crippen LogP contribution is 2.08. The number of rotatable bonds is 12. The van der Waals surface area contributed by atoms with Gasteiger partial charge in [0.05, 0.1) is 0 Å². The minimum absolute atomic E-state index is 0.205. The molecular weight excluding hydrogens is 326 g/mol. The highest BCUT2D eigenvalue weighted by atomic mass is 16.5. The van der Waals surface area contributed by atoms with Crippen molar-refractivity contribution in [1.82, 2.24) is 10.6 Å². The number of hydrogen-bond acceptors (Lipinski definition) is 5. The van der Waals surface area contributed by atoms with Gasteiger partial charge in [0.25, 0.3) is 0 Å². The maximum absolute atomic E-state index is 12.5. The van der Waals surface area contributed by atoms with Gasteiger partial charge in [0.2, 0.25) is 0 Å². The molecule has 140 valence electrons. The molecule has 1 atom stereocenters. The molecule has 0 saturated carbocycles. The summed E-state index contributed by atoms with van der Waals surface area (Å²) >= 11 is 0. The second kappa shape index (κ2) is 12.2. The molecule has 0 aliphatic heterocycles. The first kappa shape index (κ1) is 20.1. The third-order valence-corrected chi connectivity index (χ3v) is 4.09. The van der Waals surface area contributed by atoms with Crippen LogP contribution in [0, 0.1) is 0 Å². The zero-order valence-electron chi connectivity index (χ0n) is 15.2. The van der Waals surface area contributed by atoms with Crippen molar-refractivity contribution in [2.75, 3.05) is 26.2 Å². The third-order valence-electron chi connectivity index (χ3n) is 4.09. The molecule has 2 aromatic carbocycles. The second-order valence-electron chi connectivity index (χ2n) is 6.16. The molecule has 0 aliphatic rings. The number of nitrogens with one attached hydrogen (secondary N) is 2. The lowest BCUT2D eigenvalue weighted by Gasteiger charge is -2.18. The topological polar surface area (TPSA) is 76.4 Å². The fraction of sp³-hybridized carbons (Fsp3) is 0.381. The van der Waals surface area contributed by atoms with E-state index in [1.54, 1.807) is 0 Å². The number of carbonyl (C=O) groups is 1. The van der Waals surface area contributed by atoms with Crippen molar-refractivity contribution in [2.24, 2.45) is 5.73 Å². The maximum Gasteiger partial charge on any atom is 0.323 e. The van der Waals surface area contributed by atoms with Crippen LogP contribution in [-0.2, 0) is 22.6 Å². The summed E-state index contributed by atoms with van der Waals surface area (Å²) in [5, 5.41) is 6.53. The first-order chi connectivity index (χ1) is 12.8. The summed E-state index contributed by atoms with van der Waals surface area (Å²) in [5.41, 5.74) is 7.68. The molecule has 4 N–H and O–H groups in total. The van der Waals surface area contributed by atoms with E-state index in [-0.39, 0.29) is 12.0 Å². The summed E-state index contributed by atoms with van der Waals surface area (Å²) in [6.07, 6.45) is 1.53. The minimum atomic E-state index is -0.321. The Balaban J connectivity index is 1.84. The van der Waals surface area contributed by atoms with E-state index in [4.69, 9.17) is 10.5 Å². The summed E-state index contributed by atoms with van der Waals surface area (Å²) in [6.45, 7) is 3.14. The van der Waals surface area contributed by atoms with Crippen molar-refractivity contribution >= 4 is 5.97 Å². The molecular formula is C21H29N3O2. The first-order valence-electron chi connectivity index (χ1n) is 9.18. The van der Waals surface area contributed by atoms with Crippen molar-refractivity contribution in [3.05, 3.63) is 71.8 Å². The predicted molar refractivity (Wildman–Crippen MR) is 105 cm³/mol. The lowest BCUT2D eigenvalue weighted by molar-refractivity contribution is -0.147. The third kappa shape index (κ3) is 7.78. The Hall–Kier alpha value is -2.21. The highest BCUT2D eigenvalue weighted by molar-refractivity contribution is 5.75. The van der Waals surface area contributed by atoms with Crippen molar-refractivity contribution in [3.63, 3.8) is 0 Å². The minimum Gasteiger partial charge on any atom is -0.460 e. The van der Waals surface area contributed by atoms with Gasteiger partial charge in [-0.2, -0.15) is 0 Å². The zero-order chi connectivity index (χ0) is 18.5. The Labute approximate surface area is 155 Å². The van der Waals surface area contributed by atoms with Crippen molar-refractivity contribution in [1.29, 1.82) is 0 Å². The Bertz CT molecular complexity index is 620. The van der Waals surface area contributed by atoms with E-state index in [0.29, 0.717) is 26.1 Å². The van der Waals surface area contributed by atoms with Crippen LogP contribution < -0.4 is 16.4 Å². The van der Waals surface area contributed by atoms with Gasteiger partial charge in [-0.25, -0.2) is 0 Å². The van der Waals surface area contributed by atoms with E-state index in [2.05, 4.69) is 22.8 Å². The largest absolute Gasteiger partial charge is 0.460 e. The van der Waals surface area contributed by atoms with Gasteiger partial charge in [0, 0.05) is 26.2 Å². The van der Waals surface area contributed by atoms with Crippen LogP contribution in [0.3, 0.4) is 0 Å². The Morgan fingerprint density at radius 1 is 0.923 bits per heavy atom. The van der Waals surface area contributed by atoms with E-state index < -0.39 is 0 Å². The normalized spacial score (nSPS) is 11.9. The monoisotopic (exact) mass is 355 g/mol. The van der Waals surface area contributed by atoms with E-state index in [1.165, 1.54) is 5.56 Å². The van der Waals surface area contributed by atoms with Crippen molar-refractivity contribution in [2.45, 2.75) is 25.5 Å². The quantitative estimate of drug-likeness (QED) is 0.400. The van der Waals surface area contributed by atoms with Crippen LogP contribution in [0.15, 0.2) is 60.7 Å². The van der Waals surface area contributed by atoms with Gasteiger partial charge in [-0.1, -0.05) is 60.7 Å². The predicted octanol–water partition coefficient (Wildman–Crippen LogP) is 1.87.